The molecule has 144 valence electrons. The summed E-state index contributed by atoms with van der Waals surface area (Å²) in [5, 5.41) is 3.45. The number of halogens is 2. The number of para-hydroxylation sites is 1. The van der Waals surface area contributed by atoms with Crippen LogP contribution in [0.15, 0.2) is 71.2 Å². The van der Waals surface area contributed by atoms with E-state index < -0.39 is 0 Å². The number of carbonyl (C=O) groups is 1. The highest BCUT2D eigenvalue weighted by Gasteiger charge is 2.10. The summed E-state index contributed by atoms with van der Waals surface area (Å²) < 4.78 is 12.0. The average molecular weight is 461 g/mol. The van der Waals surface area contributed by atoms with Crippen LogP contribution in [-0.2, 0) is 0 Å². The molecular formula is C22H19BrClNO3. The second kappa shape index (κ2) is 9.62. The second-order valence-corrected chi connectivity index (χ2v) is 7.33. The maximum atomic E-state index is 12.5. The number of anilines is 1. The van der Waals surface area contributed by atoms with Gasteiger partial charge in [-0.25, -0.2) is 0 Å². The van der Waals surface area contributed by atoms with Gasteiger partial charge in [0.1, 0.15) is 24.7 Å². The summed E-state index contributed by atoms with van der Waals surface area (Å²) in [5.74, 6) is 1.22. The topological polar surface area (TPSA) is 47.6 Å². The fraction of sp³-hybridized carbons (Fsp3) is 0.136. The van der Waals surface area contributed by atoms with Crippen molar-refractivity contribution in [1.29, 1.82) is 0 Å². The number of amides is 1. The number of ether oxygens (including phenoxy) is 2. The van der Waals surface area contributed by atoms with Crippen molar-refractivity contribution in [3.8, 4) is 11.5 Å². The Morgan fingerprint density at radius 3 is 2.46 bits per heavy atom. The van der Waals surface area contributed by atoms with Gasteiger partial charge in [-0.3, -0.25) is 4.79 Å². The molecule has 0 saturated carbocycles. The lowest BCUT2D eigenvalue weighted by Gasteiger charge is -2.11. The summed E-state index contributed by atoms with van der Waals surface area (Å²) in [7, 11) is 0. The van der Waals surface area contributed by atoms with E-state index in [9.17, 15) is 4.79 Å². The lowest BCUT2D eigenvalue weighted by Crippen LogP contribution is -2.12. The molecule has 0 aromatic heterocycles. The Labute approximate surface area is 177 Å². The fourth-order valence-corrected chi connectivity index (χ4v) is 3.13. The average Bonchev–Trinajstić information content (AvgIpc) is 2.70. The van der Waals surface area contributed by atoms with Crippen LogP contribution in [0.3, 0.4) is 0 Å². The minimum absolute atomic E-state index is 0.223. The summed E-state index contributed by atoms with van der Waals surface area (Å²) in [6.07, 6.45) is 0. The van der Waals surface area contributed by atoms with Gasteiger partial charge in [-0.05, 0) is 70.9 Å². The molecule has 0 fully saturated rings. The van der Waals surface area contributed by atoms with E-state index in [4.69, 9.17) is 21.1 Å². The number of benzene rings is 3. The van der Waals surface area contributed by atoms with Gasteiger partial charge in [0.15, 0.2) is 0 Å². The molecule has 0 spiro atoms. The molecule has 1 N–H and O–H groups in total. The Morgan fingerprint density at radius 2 is 1.75 bits per heavy atom. The molecule has 4 nitrogen and oxygen atoms in total. The van der Waals surface area contributed by atoms with Crippen LogP contribution in [0, 0.1) is 6.92 Å². The van der Waals surface area contributed by atoms with Gasteiger partial charge < -0.3 is 14.8 Å². The Morgan fingerprint density at radius 1 is 1.00 bits per heavy atom. The Kier molecular flexibility index (Phi) is 6.95. The zero-order valence-corrected chi connectivity index (χ0v) is 17.6. The number of rotatable bonds is 7. The molecule has 0 aliphatic rings. The van der Waals surface area contributed by atoms with Gasteiger partial charge in [0.2, 0.25) is 0 Å². The SMILES string of the molecule is Cc1ccc(NC(=O)c2ccc(OCCOc3ccccc3)c(Br)c2)cc1Cl. The predicted octanol–water partition coefficient (Wildman–Crippen LogP) is 6.12. The van der Waals surface area contributed by atoms with Crippen molar-refractivity contribution in [1.82, 2.24) is 0 Å². The summed E-state index contributed by atoms with van der Waals surface area (Å²) in [4.78, 5) is 12.5. The first-order chi connectivity index (χ1) is 13.5. The molecule has 3 aromatic rings. The normalized spacial score (nSPS) is 10.4. The van der Waals surface area contributed by atoms with Crippen molar-refractivity contribution in [3.63, 3.8) is 0 Å². The highest BCUT2D eigenvalue weighted by Crippen LogP contribution is 2.27. The highest BCUT2D eigenvalue weighted by atomic mass is 79.9. The van der Waals surface area contributed by atoms with Crippen molar-refractivity contribution in [2.75, 3.05) is 18.5 Å². The minimum atomic E-state index is -0.223. The van der Waals surface area contributed by atoms with Crippen molar-refractivity contribution >= 4 is 39.1 Å². The van der Waals surface area contributed by atoms with Crippen LogP contribution in [0.1, 0.15) is 15.9 Å². The maximum absolute atomic E-state index is 12.5. The Balaban J connectivity index is 1.55. The third kappa shape index (κ3) is 5.50. The quantitative estimate of drug-likeness (QED) is 0.432. The minimum Gasteiger partial charge on any atom is -0.490 e. The van der Waals surface area contributed by atoms with E-state index in [-0.39, 0.29) is 5.91 Å². The molecule has 0 unspecified atom stereocenters. The zero-order valence-electron chi connectivity index (χ0n) is 15.2. The molecular weight excluding hydrogens is 442 g/mol. The molecule has 1 amide bonds. The number of nitrogens with one attached hydrogen (secondary N) is 1. The largest absolute Gasteiger partial charge is 0.490 e. The van der Waals surface area contributed by atoms with Gasteiger partial charge in [-0.2, -0.15) is 0 Å². The lowest BCUT2D eigenvalue weighted by molar-refractivity contribution is 0.102. The fourth-order valence-electron chi connectivity index (χ4n) is 2.46. The third-order valence-electron chi connectivity index (χ3n) is 3.98. The molecule has 0 saturated heterocycles. The highest BCUT2D eigenvalue weighted by molar-refractivity contribution is 9.10. The molecule has 0 heterocycles. The third-order valence-corrected chi connectivity index (χ3v) is 5.00. The van der Waals surface area contributed by atoms with Gasteiger partial charge in [0.05, 0.1) is 4.47 Å². The number of hydrogen-bond donors (Lipinski definition) is 1. The molecule has 0 radical (unpaired) electrons. The zero-order chi connectivity index (χ0) is 19.9. The summed E-state index contributed by atoms with van der Waals surface area (Å²) in [5.41, 5.74) is 2.12. The summed E-state index contributed by atoms with van der Waals surface area (Å²) >= 11 is 9.56. The predicted molar refractivity (Wildman–Crippen MR) is 116 cm³/mol. The van der Waals surface area contributed by atoms with Crippen LogP contribution < -0.4 is 14.8 Å². The monoisotopic (exact) mass is 459 g/mol. The van der Waals surface area contributed by atoms with E-state index in [1.807, 2.05) is 49.4 Å². The van der Waals surface area contributed by atoms with Crippen molar-refractivity contribution in [2.24, 2.45) is 0 Å². The van der Waals surface area contributed by atoms with Gasteiger partial charge in [-0.15, -0.1) is 0 Å². The smallest absolute Gasteiger partial charge is 0.255 e. The summed E-state index contributed by atoms with van der Waals surface area (Å²) in [6, 6.07) is 20.2. The van der Waals surface area contributed by atoms with E-state index in [1.165, 1.54) is 0 Å². The standard InChI is InChI=1S/C22H19BrClNO3/c1-15-7-9-17(14-20(15)24)25-22(26)16-8-10-21(19(23)13-16)28-12-11-27-18-5-3-2-4-6-18/h2-10,13-14H,11-12H2,1H3,(H,25,26). The van der Waals surface area contributed by atoms with Crippen LogP contribution in [0.5, 0.6) is 11.5 Å². The maximum Gasteiger partial charge on any atom is 0.255 e. The molecule has 0 aliphatic carbocycles. The van der Waals surface area contributed by atoms with Crippen LogP contribution >= 0.6 is 27.5 Å². The van der Waals surface area contributed by atoms with E-state index >= 15 is 0 Å². The lowest BCUT2D eigenvalue weighted by atomic mass is 10.2. The molecule has 0 aliphatic heterocycles. The van der Waals surface area contributed by atoms with Gasteiger partial charge in [0.25, 0.3) is 5.91 Å². The van der Waals surface area contributed by atoms with Crippen LogP contribution in [0.25, 0.3) is 0 Å². The number of carbonyl (C=O) groups excluding carboxylic acids is 1. The van der Waals surface area contributed by atoms with E-state index in [2.05, 4.69) is 21.2 Å². The molecule has 6 heteroatoms. The van der Waals surface area contributed by atoms with E-state index in [0.717, 1.165) is 11.3 Å². The Hall–Kier alpha value is -2.50. The first-order valence-electron chi connectivity index (χ1n) is 8.70. The van der Waals surface area contributed by atoms with Crippen molar-refractivity contribution in [2.45, 2.75) is 6.92 Å². The van der Waals surface area contributed by atoms with E-state index in [1.54, 1.807) is 24.3 Å². The molecule has 0 atom stereocenters. The first kappa shape index (κ1) is 20.2. The first-order valence-corrected chi connectivity index (χ1v) is 9.88. The van der Waals surface area contributed by atoms with Crippen LogP contribution in [0.2, 0.25) is 5.02 Å². The molecule has 3 rings (SSSR count). The molecule has 28 heavy (non-hydrogen) atoms. The summed E-state index contributed by atoms with van der Waals surface area (Å²) in [6.45, 7) is 2.72. The number of hydrogen-bond acceptors (Lipinski definition) is 3. The van der Waals surface area contributed by atoms with Gasteiger partial charge in [-0.1, -0.05) is 35.9 Å². The van der Waals surface area contributed by atoms with Crippen LogP contribution in [0.4, 0.5) is 5.69 Å². The molecule has 3 aromatic carbocycles. The van der Waals surface area contributed by atoms with Crippen molar-refractivity contribution in [3.05, 3.63) is 87.4 Å². The Bertz CT molecular complexity index is 963. The molecule has 0 bridgehead atoms. The second-order valence-electron chi connectivity index (χ2n) is 6.07. The van der Waals surface area contributed by atoms with Gasteiger partial charge >= 0.3 is 0 Å². The van der Waals surface area contributed by atoms with Gasteiger partial charge in [0, 0.05) is 16.3 Å². The van der Waals surface area contributed by atoms with Crippen molar-refractivity contribution < 1.29 is 14.3 Å². The number of aryl methyl sites for hydroxylation is 1. The van der Waals surface area contributed by atoms with E-state index in [0.29, 0.717) is 39.7 Å². The van der Waals surface area contributed by atoms with Crippen LogP contribution in [-0.4, -0.2) is 19.1 Å².